The molecule has 1 atom stereocenters. The van der Waals surface area contributed by atoms with Gasteiger partial charge in [-0.3, -0.25) is 4.98 Å². The van der Waals surface area contributed by atoms with E-state index in [1.807, 2.05) is 28.8 Å². The predicted octanol–water partition coefficient (Wildman–Crippen LogP) is 5.16. The highest BCUT2D eigenvalue weighted by Crippen LogP contribution is 2.29. The maximum atomic E-state index is 15.3. The first kappa shape index (κ1) is 16.5. The Morgan fingerprint density at radius 1 is 1.00 bits per heavy atom. The topological polar surface area (TPSA) is 30.7 Å². The molecule has 0 aliphatic heterocycles. The fourth-order valence-corrected chi connectivity index (χ4v) is 3.28. The van der Waals surface area contributed by atoms with Gasteiger partial charge in [0.05, 0.1) is 11.0 Å². The maximum absolute atomic E-state index is 15.3. The molecule has 1 unspecified atom stereocenters. The smallest absolute Gasteiger partial charge is 0.183 e. The molecule has 0 fully saturated rings. The van der Waals surface area contributed by atoms with Crippen LogP contribution in [0, 0.1) is 13.8 Å². The first-order valence-corrected chi connectivity index (χ1v) is 8.69. The van der Waals surface area contributed by atoms with Crippen molar-refractivity contribution in [1.29, 1.82) is 0 Å². The molecule has 3 nitrogen and oxygen atoms in total. The van der Waals surface area contributed by atoms with Gasteiger partial charge in [0.1, 0.15) is 5.82 Å². The van der Waals surface area contributed by atoms with E-state index in [0.717, 1.165) is 11.0 Å². The Bertz CT molecular complexity index is 1050. The van der Waals surface area contributed by atoms with Crippen LogP contribution in [0.1, 0.15) is 34.2 Å². The Morgan fingerprint density at radius 2 is 1.77 bits per heavy atom. The van der Waals surface area contributed by atoms with Crippen molar-refractivity contribution in [2.24, 2.45) is 0 Å². The van der Waals surface area contributed by atoms with Crippen molar-refractivity contribution < 1.29 is 4.39 Å². The quantitative estimate of drug-likeness (QED) is 0.512. The van der Waals surface area contributed by atoms with Crippen LogP contribution in [0.3, 0.4) is 0 Å². The van der Waals surface area contributed by atoms with Crippen LogP contribution >= 0.6 is 0 Å². The molecule has 0 aliphatic rings. The van der Waals surface area contributed by atoms with Gasteiger partial charge in [0, 0.05) is 18.9 Å². The van der Waals surface area contributed by atoms with Gasteiger partial charge in [-0.2, -0.15) is 0 Å². The number of aromatic nitrogens is 3. The number of fused-ring (bicyclic) bond motifs is 1. The summed E-state index contributed by atoms with van der Waals surface area (Å²) in [5.74, 6) is 0.429. The molecule has 4 aromatic rings. The standard InChI is InChI=1S/C22H20FN3/c1-15-7-8-16(2)18(13-15)14-26-20-6-4-3-5-19(20)25-22(26)21(23)17-9-11-24-12-10-17/h3-13,21H,14H2,1-2H3. The summed E-state index contributed by atoms with van der Waals surface area (Å²) in [6.45, 7) is 4.75. The van der Waals surface area contributed by atoms with E-state index in [2.05, 4.69) is 42.0 Å². The average molecular weight is 345 g/mol. The minimum Gasteiger partial charge on any atom is -0.321 e. The number of aryl methyl sites for hydroxylation is 2. The summed E-state index contributed by atoms with van der Waals surface area (Å²) in [5, 5.41) is 0. The Morgan fingerprint density at radius 3 is 2.58 bits per heavy atom. The zero-order valence-electron chi connectivity index (χ0n) is 14.9. The molecular weight excluding hydrogens is 325 g/mol. The number of hydrogen-bond acceptors (Lipinski definition) is 2. The lowest BCUT2D eigenvalue weighted by atomic mass is 10.1. The highest BCUT2D eigenvalue weighted by Gasteiger charge is 2.22. The second-order valence-corrected chi connectivity index (χ2v) is 6.62. The van der Waals surface area contributed by atoms with Crippen LogP contribution in [-0.4, -0.2) is 14.5 Å². The summed E-state index contributed by atoms with van der Waals surface area (Å²) in [5.41, 5.74) is 5.89. The SMILES string of the molecule is Cc1ccc(C)c(Cn2c(C(F)c3ccncc3)nc3ccccc32)c1. The number of alkyl halides is 1. The number of benzene rings is 2. The molecular formula is C22H20FN3. The third-order valence-electron chi connectivity index (χ3n) is 4.74. The van der Waals surface area contributed by atoms with Gasteiger partial charge in [-0.1, -0.05) is 35.9 Å². The lowest BCUT2D eigenvalue weighted by Gasteiger charge is -2.15. The number of para-hydroxylation sites is 2. The fourth-order valence-electron chi connectivity index (χ4n) is 3.28. The number of hydrogen-bond donors (Lipinski definition) is 0. The van der Waals surface area contributed by atoms with Crippen LogP contribution in [0.25, 0.3) is 11.0 Å². The highest BCUT2D eigenvalue weighted by atomic mass is 19.1. The van der Waals surface area contributed by atoms with E-state index in [0.29, 0.717) is 17.9 Å². The second-order valence-electron chi connectivity index (χ2n) is 6.62. The van der Waals surface area contributed by atoms with Gasteiger partial charge in [-0.05, 0) is 54.8 Å². The molecule has 4 rings (SSSR count). The minimum atomic E-state index is -1.30. The molecule has 0 saturated carbocycles. The molecule has 0 radical (unpaired) electrons. The molecule has 2 aromatic heterocycles. The van der Waals surface area contributed by atoms with Gasteiger partial charge in [-0.15, -0.1) is 0 Å². The number of rotatable bonds is 4. The van der Waals surface area contributed by atoms with Crippen molar-refractivity contribution in [1.82, 2.24) is 14.5 Å². The van der Waals surface area contributed by atoms with Crippen molar-refractivity contribution in [2.45, 2.75) is 26.6 Å². The average Bonchev–Trinajstić information content (AvgIpc) is 3.03. The predicted molar refractivity (Wildman–Crippen MR) is 102 cm³/mol. The zero-order valence-corrected chi connectivity index (χ0v) is 14.9. The summed E-state index contributed by atoms with van der Waals surface area (Å²) in [6.07, 6.45) is 1.93. The van der Waals surface area contributed by atoms with Crippen molar-refractivity contribution in [2.75, 3.05) is 0 Å². The van der Waals surface area contributed by atoms with Gasteiger partial charge >= 0.3 is 0 Å². The summed E-state index contributed by atoms with van der Waals surface area (Å²) >= 11 is 0. The monoisotopic (exact) mass is 345 g/mol. The van der Waals surface area contributed by atoms with Crippen molar-refractivity contribution >= 4 is 11.0 Å². The van der Waals surface area contributed by atoms with E-state index in [1.54, 1.807) is 24.5 Å². The van der Waals surface area contributed by atoms with Gasteiger partial charge in [0.25, 0.3) is 0 Å². The molecule has 0 saturated heterocycles. The summed E-state index contributed by atoms with van der Waals surface area (Å²) in [7, 11) is 0. The van der Waals surface area contributed by atoms with Gasteiger partial charge in [0.2, 0.25) is 0 Å². The highest BCUT2D eigenvalue weighted by molar-refractivity contribution is 5.76. The largest absolute Gasteiger partial charge is 0.321 e. The van der Waals surface area contributed by atoms with Crippen LogP contribution in [0.2, 0.25) is 0 Å². The van der Waals surface area contributed by atoms with Crippen LogP contribution < -0.4 is 0 Å². The summed E-state index contributed by atoms with van der Waals surface area (Å²) in [4.78, 5) is 8.59. The molecule has 0 spiro atoms. The first-order chi connectivity index (χ1) is 12.6. The lowest BCUT2D eigenvalue weighted by molar-refractivity contribution is 0.374. The third kappa shape index (κ3) is 2.99. The van der Waals surface area contributed by atoms with Crippen LogP contribution in [-0.2, 0) is 6.54 Å². The zero-order chi connectivity index (χ0) is 18.1. The van der Waals surface area contributed by atoms with Gasteiger partial charge in [0.15, 0.2) is 6.17 Å². The Balaban J connectivity index is 1.86. The van der Waals surface area contributed by atoms with Crippen LogP contribution in [0.4, 0.5) is 4.39 Å². The number of imidazole rings is 1. The van der Waals surface area contributed by atoms with Crippen molar-refractivity contribution in [3.05, 3.63) is 95.1 Å². The molecule has 0 amide bonds. The number of nitrogens with zero attached hydrogens (tertiary/aromatic N) is 3. The fraction of sp³-hybridized carbons (Fsp3) is 0.182. The van der Waals surface area contributed by atoms with E-state index in [-0.39, 0.29) is 0 Å². The molecule has 2 heterocycles. The molecule has 0 bridgehead atoms. The van der Waals surface area contributed by atoms with E-state index in [4.69, 9.17) is 0 Å². The molecule has 4 heteroatoms. The van der Waals surface area contributed by atoms with Gasteiger partial charge in [-0.25, -0.2) is 9.37 Å². The molecule has 26 heavy (non-hydrogen) atoms. The Kier molecular flexibility index (Phi) is 4.25. The van der Waals surface area contributed by atoms with Crippen LogP contribution in [0.15, 0.2) is 67.0 Å². The van der Waals surface area contributed by atoms with Crippen molar-refractivity contribution in [3.63, 3.8) is 0 Å². The summed E-state index contributed by atoms with van der Waals surface area (Å²) < 4.78 is 17.3. The molecule has 130 valence electrons. The van der Waals surface area contributed by atoms with Gasteiger partial charge < -0.3 is 4.57 Å². The van der Waals surface area contributed by atoms with Crippen molar-refractivity contribution in [3.8, 4) is 0 Å². The van der Waals surface area contributed by atoms with E-state index < -0.39 is 6.17 Å². The molecule has 0 N–H and O–H groups in total. The normalized spacial score (nSPS) is 12.4. The first-order valence-electron chi connectivity index (χ1n) is 8.69. The minimum absolute atomic E-state index is 0.429. The number of halogens is 1. The Labute approximate surface area is 152 Å². The van der Waals surface area contributed by atoms with Crippen LogP contribution in [0.5, 0.6) is 0 Å². The number of pyridine rings is 1. The Hall–Kier alpha value is -3.01. The third-order valence-corrected chi connectivity index (χ3v) is 4.74. The lowest BCUT2D eigenvalue weighted by Crippen LogP contribution is -2.09. The second kappa shape index (κ2) is 6.71. The van der Waals surface area contributed by atoms with E-state index in [9.17, 15) is 0 Å². The van der Waals surface area contributed by atoms with E-state index >= 15 is 4.39 Å². The molecule has 2 aromatic carbocycles. The summed E-state index contributed by atoms with van der Waals surface area (Å²) in [6, 6.07) is 17.6. The molecule has 0 aliphatic carbocycles. The van der Waals surface area contributed by atoms with E-state index in [1.165, 1.54) is 16.7 Å². The maximum Gasteiger partial charge on any atom is 0.183 e.